The summed E-state index contributed by atoms with van der Waals surface area (Å²) in [6.45, 7) is 6.16. The third kappa shape index (κ3) is 5.68. The van der Waals surface area contributed by atoms with E-state index in [0.717, 1.165) is 52.0 Å². The molecule has 0 aliphatic carbocycles. The molecule has 1 unspecified atom stereocenters. The molecule has 5 rings (SSSR count). The van der Waals surface area contributed by atoms with Gasteiger partial charge in [-0.2, -0.15) is 0 Å². The number of amides is 2. The number of carbonyl (C=O) groups is 1. The number of thiazole rings is 1. The van der Waals surface area contributed by atoms with Crippen LogP contribution in [0.15, 0.2) is 42.5 Å². The van der Waals surface area contributed by atoms with Crippen molar-refractivity contribution in [3.05, 3.63) is 64.7 Å². The molecular formula is C27H30F2N4O2S. The molecule has 1 N–H and O–H groups in total. The van der Waals surface area contributed by atoms with E-state index in [1.165, 1.54) is 25.5 Å². The largest absolute Gasteiger partial charge is 0.494 e. The van der Waals surface area contributed by atoms with Crippen molar-refractivity contribution in [1.29, 1.82) is 0 Å². The summed E-state index contributed by atoms with van der Waals surface area (Å²) in [7, 11) is 0. The second-order valence-corrected chi connectivity index (χ2v) is 10.5. The number of urea groups is 1. The van der Waals surface area contributed by atoms with E-state index in [0.29, 0.717) is 32.2 Å². The third-order valence-corrected chi connectivity index (χ3v) is 7.97. The number of hydrogen-bond acceptors (Lipinski definition) is 5. The lowest BCUT2D eigenvalue weighted by atomic mass is 10.2. The van der Waals surface area contributed by atoms with Gasteiger partial charge in [-0.05, 0) is 69.1 Å². The van der Waals surface area contributed by atoms with Gasteiger partial charge in [-0.1, -0.05) is 0 Å². The van der Waals surface area contributed by atoms with Crippen LogP contribution < -0.4 is 10.1 Å². The summed E-state index contributed by atoms with van der Waals surface area (Å²) < 4.78 is 33.0. The first-order valence-electron chi connectivity index (χ1n) is 12.4. The average molecular weight is 513 g/mol. The highest BCUT2D eigenvalue weighted by molar-refractivity contribution is 7.15. The minimum atomic E-state index is -0.797. The van der Waals surface area contributed by atoms with Gasteiger partial charge in [-0.3, -0.25) is 0 Å². The summed E-state index contributed by atoms with van der Waals surface area (Å²) in [4.78, 5) is 22.6. The SMILES string of the molecule is CC1CCCN1CCCOc1ccc(-c2nc3c(s2)CN(C(=O)Nc2ccc(F)cc2F)CC3)cc1. The number of benzene rings is 2. The van der Waals surface area contributed by atoms with Gasteiger partial charge in [-0.15, -0.1) is 11.3 Å². The van der Waals surface area contributed by atoms with Gasteiger partial charge in [0.15, 0.2) is 0 Å². The highest BCUT2D eigenvalue weighted by Gasteiger charge is 2.25. The van der Waals surface area contributed by atoms with E-state index in [-0.39, 0.29) is 5.69 Å². The van der Waals surface area contributed by atoms with Crippen LogP contribution in [-0.4, -0.2) is 53.1 Å². The van der Waals surface area contributed by atoms with Crippen LogP contribution in [0.5, 0.6) is 5.75 Å². The van der Waals surface area contributed by atoms with Crippen molar-refractivity contribution in [3.8, 4) is 16.3 Å². The number of aromatic nitrogens is 1. The first kappa shape index (κ1) is 24.6. The summed E-state index contributed by atoms with van der Waals surface area (Å²) in [6.07, 6.45) is 4.24. The Hall–Kier alpha value is -3.04. The number of fused-ring (bicyclic) bond motifs is 1. The quantitative estimate of drug-likeness (QED) is 0.399. The summed E-state index contributed by atoms with van der Waals surface area (Å²) in [5.41, 5.74) is 1.96. The molecule has 2 aromatic carbocycles. The molecule has 6 nitrogen and oxygen atoms in total. The zero-order valence-electron chi connectivity index (χ0n) is 20.3. The molecule has 0 saturated carbocycles. The van der Waals surface area contributed by atoms with Crippen LogP contribution in [-0.2, 0) is 13.0 Å². The van der Waals surface area contributed by atoms with Crippen LogP contribution in [0.1, 0.15) is 36.8 Å². The number of nitrogens with zero attached hydrogens (tertiary/aromatic N) is 3. The standard InChI is InChI=1S/C27H30F2N4O2S/c1-18-4-2-12-32(18)13-3-15-35-21-8-5-19(6-9-21)26-30-24-11-14-33(17-25(24)36-26)27(34)31-23-10-7-20(28)16-22(23)29/h5-10,16,18H,2-4,11-15,17H2,1H3,(H,31,34). The number of nitrogens with one attached hydrogen (secondary N) is 1. The molecule has 2 amide bonds. The van der Waals surface area contributed by atoms with Crippen molar-refractivity contribution < 1.29 is 18.3 Å². The van der Waals surface area contributed by atoms with Gasteiger partial charge in [0, 0.05) is 42.1 Å². The first-order chi connectivity index (χ1) is 17.5. The fraction of sp³-hybridized carbons (Fsp3) is 0.407. The zero-order chi connectivity index (χ0) is 25.1. The lowest BCUT2D eigenvalue weighted by Crippen LogP contribution is -2.38. The lowest BCUT2D eigenvalue weighted by Gasteiger charge is -2.26. The van der Waals surface area contributed by atoms with Gasteiger partial charge in [0.1, 0.15) is 22.4 Å². The Kier molecular flexibility index (Phi) is 7.48. The lowest BCUT2D eigenvalue weighted by molar-refractivity contribution is 0.206. The molecule has 1 saturated heterocycles. The molecule has 1 aromatic heterocycles. The molecule has 9 heteroatoms. The summed E-state index contributed by atoms with van der Waals surface area (Å²) in [5.74, 6) is -0.628. The maximum absolute atomic E-state index is 13.9. The molecule has 1 atom stereocenters. The highest BCUT2D eigenvalue weighted by Crippen LogP contribution is 2.33. The Bertz CT molecular complexity index is 1220. The summed E-state index contributed by atoms with van der Waals surface area (Å²) in [6, 6.07) is 11.4. The molecule has 190 valence electrons. The number of anilines is 1. The minimum absolute atomic E-state index is 0.0369. The number of carbonyl (C=O) groups excluding carboxylic acids is 1. The topological polar surface area (TPSA) is 57.7 Å². The van der Waals surface area contributed by atoms with Crippen LogP contribution in [0.4, 0.5) is 19.3 Å². The molecule has 0 bridgehead atoms. The Morgan fingerprint density at radius 1 is 1.19 bits per heavy atom. The number of rotatable bonds is 7. The van der Waals surface area contributed by atoms with E-state index in [4.69, 9.17) is 9.72 Å². The number of hydrogen-bond donors (Lipinski definition) is 1. The van der Waals surface area contributed by atoms with Crippen molar-refractivity contribution in [2.75, 3.05) is 31.6 Å². The van der Waals surface area contributed by atoms with Gasteiger partial charge in [0.05, 0.1) is 24.5 Å². The van der Waals surface area contributed by atoms with Crippen molar-refractivity contribution in [2.45, 2.75) is 45.2 Å². The van der Waals surface area contributed by atoms with E-state index in [9.17, 15) is 13.6 Å². The Labute approximate surface area is 213 Å². The minimum Gasteiger partial charge on any atom is -0.494 e. The van der Waals surface area contributed by atoms with Gasteiger partial charge in [0.2, 0.25) is 0 Å². The average Bonchev–Trinajstić information content (AvgIpc) is 3.49. The maximum atomic E-state index is 13.9. The van der Waals surface area contributed by atoms with E-state index in [1.807, 2.05) is 24.3 Å². The van der Waals surface area contributed by atoms with E-state index < -0.39 is 17.7 Å². The van der Waals surface area contributed by atoms with Crippen LogP contribution in [0, 0.1) is 11.6 Å². The van der Waals surface area contributed by atoms with Crippen LogP contribution in [0.25, 0.3) is 10.6 Å². The van der Waals surface area contributed by atoms with E-state index in [1.54, 1.807) is 16.2 Å². The number of halogens is 2. The van der Waals surface area contributed by atoms with Crippen molar-refractivity contribution in [3.63, 3.8) is 0 Å². The molecule has 36 heavy (non-hydrogen) atoms. The predicted octanol–water partition coefficient (Wildman–Crippen LogP) is 5.93. The molecular weight excluding hydrogens is 482 g/mol. The molecule has 0 spiro atoms. The second kappa shape index (κ2) is 10.9. The Morgan fingerprint density at radius 3 is 2.78 bits per heavy atom. The van der Waals surface area contributed by atoms with Crippen molar-refractivity contribution in [1.82, 2.24) is 14.8 Å². The molecule has 1 fully saturated rings. The number of likely N-dealkylation sites (tertiary alicyclic amines) is 1. The summed E-state index contributed by atoms with van der Waals surface area (Å²) >= 11 is 1.56. The van der Waals surface area contributed by atoms with Crippen LogP contribution in [0.3, 0.4) is 0 Å². The maximum Gasteiger partial charge on any atom is 0.322 e. The van der Waals surface area contributed by atoms with Gasteiger partial charge < -0.3 is 19.9 Å². The predicted molar refractivity (Wildman–Crippen MR) is 137 cm³/mol. The fourth-order valence-corrected chi connectivity index (χ4v) is 5.88. The Morgan fingerprint density at radius 2 is 2.03 bits per heavy atom. The van der Waals surface area contributed by atoms with Gasteiger partial charge in [-0.25, -0.2) is 18.6 Å². The monoisotopic (exact) mass is 512 g/mol. The summed E-state index contributed by atoms with van der Waals surface area (Å²) in [5, 5.41) is 3.44. The highest BCUT2D eigenvalue weighted by atomic mass is 32.1. The molecule has 3 aromatic rings. The molecule has 2 aliphatic heterocycles. The van der Waals surface area contributed by atoms with Crippen LogP contribution >= 0.6 is 11.3 Å². The molecule has 2 aliphatic rings. The molecule has 3 heterocycles. The first-order valence-corrected chi connectivity index (χ1v) is 13.2. The van der Waals surface area contributed by atoms with E-state index in [2.05, 4.69) is 17.1 Å². The number of ether oxygens (including phenoxy) is 1. The van der Waals surface area contributed by atoms with E-state index >= 15 is 0 Å². The molecule has 0 radical (unpaired) electrons. The van der Waals surface area contributed by atoms with Crippen molar-refractivity contribution >= 4 is 23.1 Å². The fourth-order valence-electron chi connectivity index (χ4n) is 4.75. The van der Waals surface area contributed by atoms with Gasteiger partial charge in [0.25, 0.3) is 0 Å². The zero-order valence-corrected chi connectivity index (χ0v) is 21.1. The Balaban J connectivity index is 1.15. The normalized spacial score (nSPS) is 17.8. The van der Waals surface area contributed by atoms with Crippen molar-refractivity contribution in [2.24, 2.45) is 0 Å². The van der Waals surface area contributed by atoms with Gasteiger partial charge >= 0.3 is 6.03 Å². The third-order valence-electron chi connectivity index (χ3n) is 6.84. The van der Waals surface area contributed by atoms with Crippen LogP contribution in [0.2, 0.25) is 0 Å². The smallest absolute Gasteiger partial charge is 0.322 e. The second-order valence-electron chi connectivity index (χ2n) is 9.37.